The van der Waals surface area contributed by atoms with E-state index in [4.69, 9.17) is 39.2 Å². The number of furan rings is 1. The van der Waals surface area contributed by atoms with Gasteiger partial charge in [-0.1, -0.05) is 34.8 Å². The van der Waals surface area contributed by atoms with E-state index in [1.807, 2.05) is 0 Å². The molecule has 2 heterocycles. The minimum atomic E-state index is -0.476. The Balaban J connectivity index is 1.51. The standard InChI is InChI=1S/C21H11Cl3N2O3S/c22-13-4-1-11(2-5-13)19(27)25-21-26-20(28)18(30-21)10-14-6-8-17(29-14)12-3-7-15(23)16(24)9-12/h1-10H,(H,25,26,27,28)/b18-10-. The summed E-state index contributed by atoms with van der Waals surface area (Å²) in [5.74, 6) is 0.209. The Labute approximate surface area is 190 Å². The number of halogens is 3. The first kappa shape index (κ1) is 20.8. The zero-order valence-corrected chi connectivity index (χ0v) is 18.1. The number of aliphatic imine (C=N–C) groups is 1. The van der Waals surface area contributed by atoms with Crippen LogP contribution in [0.1, 0.15) is 16.1 Å². The Bertz CT molecular complexity index is 1220. The van der Waals surface area contributed by atoms with Crippen molar-refractivity contribution in [3.8, 4) is 11.3 Å². The molecule has 4 rings (SSSR count). The summed E-state index contributed by atoms with van der Waals surface area (Å²) in [6.07, 6.45) is 1.58. The van der Waals surface area contributed by atoms with Gasteiger partial charge in [-0.25, -0.2) is 0 Å². The van der Waals surface area contributed by atoms with Crippen molar-refractivity contribution < 1.29 is 14.0 Å². The van der Waals surface area contributed by atoms with Crippen molar-refractivity contribution in [2.45, 2.75) is 0 Å². The highest BCUT2D eigenvalue weighted by Gasteiger charge is 2.25. The predicted octanol–water partition coefficient (Wildman–Crippen LogP) is 6.31. The van der Waals surface area contributed by atoms with Crippen LogP contribution in [-0.4, -0.2) is 17.0 Å². The van der Waals surface area contributed by atoms with Gasteiger partial charge in [-0.05, 0) is 66.4 Å². The van der Waals surface area contributed by atoms with Gasteiger partial charge in [0, 0.05) is 22.2 Å². The van der Waals surface area contributed by atoms with Crippen molar-refractivity contribution in [1.82, 2.24) is 5.32 Å². The third-order valence-corrected chi connectivity index (χ3v) is 5.95. The number of carbonyl (C=O) groups is 2. The van der Waals surface area contributed by atoms with Crippen LogP contribution in [0.5, 0.6) is 0 Å². The molecular formula is C21H11Cl3N2O3S. The van der Waals surface area contributed by atoms with E-state index in [1.54, 1.807) is 60.7 Å². The van der Waals surface area contributed by atoms with Crippen molar-refractivity contribution in [3.05, 3.63) is 85.9 Å². The Morgan fingerprint density at radius 1 is 1.00 bits per heavy atom. The van der Waals surface area contributed by atoms with Crippen molar-refractivity contribution in [2.24, 2.45) is 4.99 Å². The largest absolute Gasteiger partial charge is 0.457 e. The van der Waals surface area contributed by atoms with Gasteiger partial charge in [-0.3, -0.25) is 9.59 Å². The second-order valence-electron chi connectivity index (χ2n) is 6.12. The summed E-state index contributed by atoms with van der Waals surface area (Å²) in [5, 5.41) is 4.16. The molecule has 3 aromatic rings. The van der Waals surface area contributed by atoms with Crippen LogP contribution < -0.4 is 5.32 Å². The van der Waals surface area contributed by atoms with E-state index in [9.17, 15) is 9.59 Å². The van der Waals surface area contributed by atoms with Crippen LogP contribution in [0.2, 0.25) is 15.1 Å². The minimum Gasteiger partial charge on any atom is -0.457 e. The van der Waals surface area contributed by atoms with E-state index in [2.05, 4.69) is 10.3 Å². The van der Waals surface area contributed by atoms with Gasteiger partial charge in [0.25, 0.3) is 11.8 Å². The lowest BCUT2D eigenvalue weighted by Gasteiger charge is -1.99. The van der Waals surface area contributed by atoms with Crippen molar-refractivity contribution in [2.75, 3.05) is 0 Å². The fourth-order valence-electron chi connectivity index (χ4n) is 2.59. The van der Waals surface area contributed by atoms with E-state index in [1.165, 1.54) is 0 Å². The van der Waals surface area contributed by atoms with Gasteiger partial charge < -0.3 is 9.73 Å². The van der Waals surface area contributed by atoms with Gasteiger partial charge in [-0.2, -0.15) is 4.99 Å². The summed E-state index contributed by atoms with van der Waals surface area (Å²) < 4.78 is 5.78. The average Bonchev–Trinajstić information content (AvgIpc) is 3.31. The first-order valence-electron chi connectivity index (χ1n) is 8.54. The maximum Gasteiger partial charge on any atom is 0.279 e. The molecule has 0 aliphatic carbocycles. The molecular weight excluding hydrogens is 467 g/mol. The lowest BCUT2D eigenvalue weighted by molar-refractivity contribution is -0.115. The molecule has 2 aromatic carbocycles. The lowest BCUT2D eigenvalue weighted by Crippen LogP contribution is -2.20. The van der Waals surface area contributed by atoms with Crippen LogP contribution in [0.15, 0.2) is 68.9 Å². The highest BCUT2D eigenvalue weighted by molar-refractivity contribution is 8.18. The number of nitrogens with one attached hydrogen (secondary N) is 1. The third-order valence-electron chi connectivity index (χ3n) is 4.05. The zero-order chi connectivity index (χ0) is 21.3. The molecule has 0 bridgehead atoms. The fourth-order valence-corrected chi connectivity index (χ4v) is 3.82. The summed E-state index contributed by atoms with van der Waals surface area (Å²) in [7, 11) is 0. The van der Waals surface area contributed by atoms with Crippen LogP contribution >= 0.6 is 46.6 Å². The number of amides is 2. The minimum absolute atomic E-state index is 0.197. The zero-order valence-electron chi connectivity index (χ0n) is 15.0. The van der Waals surface area contributed by atoms with Crippen molar-refractivity contribution >= 4 is 69.6 Å². The van der Waals surface area contributed by atoms with Crippen LogP contribution in [0.4, 0.5) is 0 Å². The van der Waals surface area contributed by atoms with Gasteiger partial charge in [0.15, 0.2) is 5.17 Å². The van der Waals surface area contributed by atoms with E-state index in [0.29, 0.717) is 37.1 Å². The first-order chi connectivity index (χ1) is 14.4. The molecule has 0 unspecified atom stereocenters. The second kappa shape index (κ2) is 8.70. The number of hydrogen-bond donors (Lipinski definition) is 1. The normalized spacial score (nSPS) is 16.3. The molecule has 0 spiro atoms. The number of hydrogen-bond acceptors (Lipinski definition) is 4. The monoisotopic (exact) mass is 476 g/mol. The Morgan fingerprint density at radius 2 is 1.77 bits per heavy atom. The first-order valence-corrected chi connectivity index (χ1v) is 10.5. The summed E-state index contributed by atoms with van der Waals surface area (Å²) in [4.78, 5) is 28.8. The molecule has 1 aliphatic rings. The summed E-state index contributed by atoms with van der Waals surface area (Å²) in [6, 6.07) is 15.0. The molecule has 5 nitrogen and oxygen atoms in total. The molecule has 1 N–H and O–H groups in total. The van der Waals surface area contributed by atoms with Gasteiger partial charge in [0.2, 0.25) is 0 Å². The summed E-state index contributed by atoms with van der Waals surface area (Å²) >= 11 is 18.9. The van der Waals surface area contributed by atoms with Crippen molar-refractivity contribution in [1.29, 1.82) is 0 Å². The maximum absolute atomic E-state index is 12.2. The molecule has 0 radical (unpaired) electrons. The maximum atomic E-state index is 12.2. The fraction of sp³-hybridized carbons (Fsp3) is 0. The SMILES string of the molecule is O=C1NC(=NC(=O)c2ccc(Cl)cc2)S/C1=C\c1ccc(-c2ccc(Cl)c(Cl)c2)o1. The van der Waals surface area contributed by atoms with Crippen molar-refractivity contribution in [3.63, 3.8) is 0 Å². The Kier molecular flexibility index (Phi) is 6.01. The van der Waals surface area contributed by atoms with Gasteiger partial charge in [0.05, 0.1) is 15.0 Å². The smallest absolute Gasteiger partial charge is 0.279 e. The number of rotatable bonds is 3. The quantitative estimate of drug-likeness (QED) is 0.449. The molecule has 0 atom stereocenters. The lowest BCUT2D eigenvalue weighted by atomic mass is 10.2. The van der Waals surface area contributed by atoms with E-state index in [0.717, 1.165) is 17.3 Å². The Morgan fingerprint density at radius 3 is 2.50 bits per heavy atom. The second-order valence-corrected chi connectivity index (χ2v) is 8.41. The topological polar surface area (TPSA) is 71.7 Å². The average molecular weight is 478 g/mol. The van der Waals surface area contributed by atoms with E-state index in [-0.39, 0.29) is 11.1 Å². The molecule has 1 aromatic heterocycles. The molecule has 9 heteroatoms. The number of thioether (sulfide) groups is 1. The molecule has 1 fully saturated rings. The van der Waals surface area contributed by atoms with Gasteiger partial charge in [-0.15, -0.1) is 0 Å². The van der Waals surface area contributed by atoms with Crippen LogP contribution in [0, 0.1) is 0 Å². The molecule has 150 valence electrons. The number of nitrogens with zero attached hydrogens (tertiary/aromatic N) is 1. The number of benzene rings is 2. The van der Waals surface area contributed by atoms with E-state index >= 15 is 0 Å². The molecule has 30 heavy (non-hydrogen) atoms. The van der Waals surface area contributed by atoms with Crippen LogP contribution in [0.3, 0.4) is 0 Å². The van der Waals surface area contributed by atoms with Gasteiger partial charge >= 0.3 is 0 Å². The third kappa shape index (κ3) is 4.63. The Hall–Kier alpha value is -2.51. The number of carbonyl (C=O) groups excluding carboxylic acids is 2. The molecule has 1 aliphatic heterocycles. The summed E-state index contributed by atoms with van der Waals surface area (Å²) in [5.41, 5.74) is 1.13. The van der Waals surface area contributed by atoms with E-state index < -0.39 is 5.91 Å². The molecule has 1 saturated heterocycles. The number of amidine groups is 1. The molecule has 2 amide bonds. The van der Waals surface area contributed by atoms with Crippen LogP contribution in [0.25, 0.3) is 17.4 Å². The van der Waals surface area contributed by atoms with Gasteiger partial charge in [0.1, 0.15) is 11.5 Å². The predicted molar refractivity (Wildman–Crippen MR) is 121 cm³/mol. The molecule has 0 saturated carbocycles. The summed E-state index contributed by atoms with van der Waals surface area (Å²) in [6.45, 7) is 0. The van der Waals surface area contributed by atoms with Crippen LogP contribution in [-0.2, 0) is 4.79 Å². The highest BCUT2D eigenvalue weighted by Crippen LogP contribution is 2.31. The highest BCUT2D eigenvalue weighted by atomic mass is 35.5.